The lowest BCUT2D eigenvalue weighted by Crippen LogP contribution is -2.53. The second-order valence-electron chi connectivity index (χ2n) is 6.33. The van der Waals surface area contributed by atoms with Crippen LogP contribution in [0.1, 0.15) is 45.4 Å². The van der Waals surface area contributed by atoms with E-state index >= 15 is 0 Å². The fraction of sp³-hybridized carbons (Fsp3) is 0.867. The highest BCUT2D eigenvalue weighted by Crippen LogP contribution is 2.41. The Labute approximate surface area is 127 Å². The zero-order valence-corrected chi connectivity index (χ0v) is 13.5. The summed E-state index contributed by atoms with van der Waals surface area (Å²) >= 11 is 5.26. The number of carbonyl (C=O) groups excluding carboxylic acids is 1. The molecular weight excluding hydrogens is 270 g/mol. The predicted octanol–water partition coefficient (Wildman–Crippen LogP) is 1.78. The number of likely N-dealkylation sites (N-methyl/N-ethyl adjacent to an activating group) is 1. The van der Waals surface area contributed by atoms with Crippen LogP contribution >= 0.6 is 12.2 Å². The monoisotopic (exact) mass is 297 g/mol. The first-order valence-electron chi connectivity index (χ1n) is 7.81. The van der Waals surface area contributed by atoms with Gasteiger partial charge in [0, 0.05) is 19.1 Å². The highest BCUT2D eigenvalue weighted by molar-refractivity contribution is 7.80. The summed E-state index contributed by atoms with van der Waals surface area (Å²) in [5, 5.41) is 0. The molecule has 2 rings (SSSR count). The average Bonchev–Trinajstić information content (AvgIpc) is 2.84. The van der Waals surface area contributed by atoms with Gasteiger partial charge in [0.2, 0.25) is 5.91 Å². The molecule has 1 saturated heterocycles. The van der Waals surface area contributed by atoms with Gasteiger partial charge in [-0.25, -0.2) is 0 Å². The van der Waals surface area contributed by atoms with E-state index in [1.807, 2.05) is 0 Å². The van der Waals surface area contributed by atoms with Crippen molar-refractivity contribution in [3.63, 3.8) is 0 Å². The molecule has 114 valence electrons. The van der Waals surface area contributed by atoms with Gasteiger partial charge in [0.15, 0.2) is 0 Å². The first-order valence-corrected chi connectivity index (χ1v) is 8.21. The Morgan fingerprint density at radius 1 is 1.30 bits per heavy atom. The molecule has 2 N–H and O–H groups in total. The molecule has 0 aromatic rings. The fourth-order valence-electron chi connectivity index (χ4n) is 3.68. The zero-order valence-electron chi connectivity index (χ0n) is 12.7. The molecule has 5 heteroatoms. The van der Waals surface area contributed by atoms with Crippen molar-refractivity contribution in [2.75, 3.05) is 26.7 Å². The third kappa shape index (κ3) is 2.84. The number of amides is 1. The molecule has 1 amide bonds. The van der Waals surface area contributed by atoms with Gasteiger partial charge < -0.3 is 15.5 Å². The molecule has 1 unspecified atom stereocenters. The first kappa shape index (κ1) is 15.7. The molecule has 0 aromatic carbocycles. The summed E-state index contributed by atoms with van der Waals surface area (Å²) in [6, 6.07) is 0.293. The van der Waals surface area contributed by atoms with Gasteiger partial charge >= 0.3 is 0 Å². The zero-order chi connectivity index (χ0) is 14.8. The summed E-state index contributed by atoms with van der Waals surface area (Å²) in [5.41, 5.74) is 5.42. The van der Waals surface area contributed by atoms with Crippen LogP contribution in [0.25, 0.3) is 0 Å². The van der Waals surface area contributed by atoms with Crippen molar-refractivity contribution >= 4 is 23.1 Å². The van der Waals surface area contributed by atoms with Crippen LogP contribution < -0.4 is 5.73 Å². The van der Waals surface area contributed by atoms with Gasteiger partial charge in [-0.3, -0.25) is 4.79 Å². The fourth-order valence-corrected chi connectivity index (χ4v) is 3.97. The molecule has 1 saturated carbocycles. The van der Waals surface area contributed by atoms with E-state index in [9.17, 15) is 4.79 Å². The molecule has 20 heavy (non-hydrogen) atoms. The highest BCUT2D eigenvalue weighted by Gasteiger charge is 2.47. The van der Waals surface area contributed by atoms with Gasteiger partial charge in [0.05, 0.1) is 10.4 Å². The van der Waals surface area contributed by atoms with Crippen LogP contribution in [0.15, 0.2) is 0 Å². The Bertz CT molecular complexity index is 379. The molecule has 1 aliphatic carbocycles. The maximum absolute atomic E-state index is 13.1. The number of carbonyl (C=O) groups is 1. The van der Waals surface area contributed by atoms with Crippen LogP contribution in [0.2, 0.25) is 0 Å². The van der Waals surface area contributed by atoms with Crippen LogP contribution in [0.3, 0.4) is 0 Å². The molecule has 0 spiro atoms. The van der Waals surface area contributed by atoms with Crippen molar-refractivity contribution in [3.8, 4) is 0 Å². The second-order valence-corrected chi connectivity index (χ2v) is 6.77. The molecule has 4 nitrogen and oxygen atoms in total. The third-order valence-corrected chi connectivity index (χ3v) is 5.36. The Kier molecular flexibility index (Phi) is 5.02. The van der Waals surface area contributed by atoms with Gasteiger partial charge in [-0.15, -0.1) is 0 Å². The first-order chi connectivity index (χ1) is 9.51. The van der Waals surface area contributed by atoms with Crippen LogP contribution in [-0.4, -0.2) is 53.4 Å². The Morgan fingerprint density at radius 3 is 2.50 bits per heavy atom. The van der Waals surface area contributed by atoms with Crippen LogP contribution in [0.5, 0.6) is 0 Å². The molecule has 2 fully saturated rings. The van der Waals surface area contributed by atoms with Gasteiger partial charge in [-0.1, -0.05) is 32.0 Å². The summed E-state index contributed by atoms with van der Waals surface area (Å²) in [4.78, 5) is 17.9. The molecule has 1 aliphatic heterocycles. The number of hydrogen-bond donors (Lipinski definition) is 1. The second kappa shape index (κ2) is 6.39. The number of hydrogen-bond acceptors (Lipinski definition) is 3. The van der Waals surface area contributed by atoms with E-state index in [-0.39, 0.29) is 5.91 Å². The maximum Gasteiger partial charge on any atom is 0.235 e. The van der Waals surface area contributed by atoms with E-state index in [1.165, 1.54) is 0 Å². The van der Waals surface area contributed by atoms with Gasteiger partial charge in [-0.2, -0.15) is 0 Å². The summed E-state index contributed by atoms with van der Waals surface area (Å²) in [6.45, 7) is 5.01. The van der Waals surface area contributed by atoms with Crippen molar-refractivity contribution < 1.29 is 4.79 Å². The van der Waals surface area contributed by atoms with Crippen LogP contribution in [-0.2, 0) is 4.79 Å². The number of thiocarbonyl (C=S) groups is 1. The van der Waals surface area contributed by atoms with Crippen LogP contribution in [0.4, 0.5) is 0 Å². The predicted molar refractivity (Wildman–Crippen MR) is 85.6 cm³/mol. The average molecular weight is 297 g/mol. The minimum absolute atomic E-state index is 0.199. The van der Waals surface area contributed by atoms with Gasteiger partial charge in [-0.05, 0) is 39.3 Å². The molecule has 1 atom stereocenters. The molecule has 0 bridgehead atoms. The minimum Gasteiger partial charge on any atom is -0.392 e. The Hall–Kier alpha value is -0.680. The van der Waals surface area contributed by atoms with E-state index < -0.39 is 5.41 Å². The number of nitrogens with zero attached hydrogens (tertiary/aromatic N) is 2. The number of rotatable bonds is 3. The lowest BCUT2D eigenvalue weighted by Gasteiger charge is -2.37. The minimum atomic E-state index is -0.550. The standard InChI is InChI=1S/C15H27N3OS/c1-3-12-11-17(2)9-6-10-18(12)14(19)15(13(16)20)7-4-5-8-15/h12H,3-11H2,1-2H3,(H2,16,20). The lowest BCUT2D eigenvalue weighted by molar-refractivity contribution is -0.140. The van der Waals surface area contributed by atoms with Crippen molar-refractivity contribution in [2.24, 2.45) is 11.1 Å². The van der Waals surface area contributed by atoms with E-state index in [0.29, 0.717) is 11.0 Å². The van der Waals surface area contributed by atoms with Crippen molar-refractivity contribution in [1.82, 2.24) is 9.80 Å². The van der Waals surface area contributed by atoms with E-state index in [0.717, 1.165) is 58.2 Å². The van der Waals surface area contributed by atoms with E-state index in [2.05, 4.69) is 23.8 Å². The smallest absolute Gasteiger partial charge is 0.235 e. The van der Waals surface area contributed by atoms with E-state index in [4.69, 9.17) is 18.0 Å². The summed E-state index contributed by atoms with van der Waals surface area (Å²) in [6.07, 6.45) is 5.82. The molecule has 2 aliphatic rings. The maximum atomic E-state index is 13.1. The highest BCUT2D eigenvalue weighted by atomic mass is 32.1. The summed E-state index contributed by atoms with van der Waals surface area (Å²) in [7, 11) is 2.13. The Balaban J connectivity index is 2.22. The van der Waals surface area contributed by atoms with Gasteiger partial charge in [0.25, 0.3) is 0 Å². The number of nitrogens with two attached hydrogens (primary N) is 1. The van der Waals surface area contributed by atoms with Crippen molar-refractivity contribution in [2.45, 2.75) is 51.5 Å². The van der Waals surface area contributed by atoms with Crippen molar-refractivity contribution in [1.29, 1.82) is 0 Å². The van der Waals surface area contributed by atoms with Crippen molar-refractivity contribution in [3.05, 3.63) is 0 Å². The molecule has 1 heterocycles. The summed E-state index contributed by atoms with van der Waals surface area (Å²) < 4.78 is 0. The van der Waals surface area contributed by atoms with Crippen LogP contribution in [0, 0.1) is 5.41 Å². The molecule has 0 aromatic heterocycles. The topological polar surface area (TPSA) is 49.6 Å². The normalized spacial score (nSPS) is 27.3. The third-order valence-electron chi connectivity index (χ3n) is 4.97. The van der Waals surface area contributed by atoms with Gasteiger partial charge in [0.1, 0.15) is 0 Å². The van der Waals surface area contributed by atoms with E-state index in [1.54, 1.807) is 0 Å². The SMILES string of the molecule is CCC1CN(C)CCCN1C(=O)C1(C(N)=S)CCCC1. The quantitative estimate of drug-likeness (QED) is 0.807. The Morgan fingerprint density at radius 2 is 1.95 bits per heavy atom. The summed E-state index contributed by atoms with van der Waals surface area (Å²) in [5.74, 6) is 0.199. The lowest BCUT2D eigenvalue weighted by atomic mass is 9.83. The molecule has 0 radical (unpaired) electrons. The molecular formula is C15H27N3OS. The largest absolute Gasteiger partial charge is 0.392 e.